The molecule has 0 heterocycles. The van der Waals surface area contributed by atoms with Crippen LogP contribution in [0.3, 0.4) is 0 Å². The molecule has 12 heteroatoms. The molecule has 2 rings (SSSR count). The van der Waals surface area contributed by atoms with Gasteiger partial charge in [-0.15, -0.1) is 0 Å². The zero-order valence-electron chi connectivity index (χ0n) is 28.4. The first kappa shape index (κ1) is 39.1. The fourth-order valence-electron chi connectivity index (χ4n) is 4.53. The molecule has 12 nitrogen and oxygen atoms in total. The Kier molecular flexibility index (Phi) is 17.6. The number of ether oxygens (including phenoxy) is 1. The summed E-state index contributed by atoms with van der Waals surface area (Å²) in [7, 11) is 0. The van der Waals surface area contributed by atoms with E-state index in [2.05, 4.69) is 26.3 Å². The average molecular weight is 662 g/mol. The van der Waals surface area contributed by atoms with E-state index < -0.39 is 36.0 Å². The van der Waals surface area contributed by atoms with Gasteiger partial charge in [0.25, 0.3) is 0 Å². The molecule has 0 unspecified atom stereocenters. The molecular weight excluding hydrogens is 610 g/mol. The highest BCUT2D eigenvalue weighted by molar-refractivity contribution is 5.91. The Morgan fingerprint density at radius 3 is 2.10 bits per heavy atom. The summed E-state index contributed by atoms with van der Waals surface area (Å²) >= 11 is 0. The van der Waals surface area contributed by atoms with E-state index in [1.165, 1.54) is 6.08 Å². The van der Waals surface area contributed by atoms with Gasteiger partial charge >= 0.3 is 6.09 Å². The molecular formula is C36H51N7O5. The van der Waals surface area contributed by atoms with Crippen molar-refractivity contribution in [3.8, 4) is 0 Å². The van der Waals surface area contributed by atoms with Crippen molar-refractivity contribution >= 4 is 35.9 Å². The van der Waals surface area contributed by atoms with E-state index in [9.17, 15) is 19.2 Å². The van der Waals surface area contributed by atoms with Crippen LogP contribution in [-0.2, 0) is 25.7 Å². The molecule has 2 aromatic carbocycles. The molecule has 0 saturated carbocycles. The molecule has 260 valence electrons. The van der Waals surface area contributed by atoms with E-state index in [0.717, 1.165) is 11.1 Å². The second-order valence-corrected chi connectivity index (χ2v) is 12.1. The van der Waals surface area contributed by atoms with Crippen molar-refractivity contribution in [1.29, 1.82) is 0 Å². The number of aliphatic imine (C=N–C) groups is 1. The fourth-order valence-corrected chi connectivity index (χ4v) is 4.53. The first-order valence-corrected chi connectivity index (χ1v) is 16.3. The molecule has 0 radical (unpaired) electrons. The van der Waals surface area contributed by atoms with E-state index in [1.807, 2.05) is 94.4 Å². The smallest absolute Gasteiger partial charge is 0.408 e. The van der Waals surface area contributed by atoms with Gasteiger partial charge < -0.3 is 37.5 Å². The number of carbonyl (C=O) groups excluding carboxylic acids is 4. The van der Waals surface area contributed by atoms with Crippen molar-refractivity contribution < 1.29 is 23.9 Å². The molecule has 48 heavy (non-hydrogen) atoms. The highest BCUT2D eigenvalue weighted by atomic mass is 16.5. The first-order chi connectivity index (χ1) is 22.9. The molecule has 0 saturated heterocycles. The van der Waals surface area contributed by atoms with E-state index in [0.29, 0.717) is 12.8 Å². The van der Waals surface area contributed by atoms with Crippen LogP contribution in [0.25, 0.3) is 6.08 Å². The number of benzene rings is 2. The van der Waals surface area contributed by atoms with Gasteiger partial charge in [0.1, 0.15) is 18.7 Å². The summed E-state index contributed by atoms with van der Waals surface area (Å²) in [5.41, 5.74) is 12.7. The Bertz CT molecular complexity index is 1370. The minimum atomic E-state index is -1.01. The highest BCUT2D eigenvalue weighted by Crippen LogP contribution is 2.10. The van der Waals surface area contributed by atoms with Gasteiger partial charge in [-0.2, -0.15) is 0 Å². The second-order valence-electron chi connectivity index (χ2n) is 12.1. The Morgan fingerprint density at radius 1 is 0.833 bits per heavy atom. The number of guanidine groups is 1. The molecule has 3 atom stereocenters. The van der Waals surface area contributed by atoms with Crippen LogP contribution >= 0.6 is 0 Å². The third-order valence-corrected chi connectivity index (χ3v) is 7.18. The summed E-state index contributed by atoms with van der Waals surface area (Å²) in [6, 6.07) is 16.6. The topological polar surface area (TPSA) is 190 Å². The van der Waals surface area contributed by atoms with Gasteiger partial charge in [-0.3, -0.25) is 19.4 Å². The third kappa shape index (κ3) is 16.4. The Balaban J connectivity index is 2.04. The van der Waals surface area contributed by atoms with Crippen molar-refractivity contribution in [3.05, 3.63) is 90.0 Å². The van der Waals surface area contributed by atoms with Crippen LogP contribution in [0.5, 0.6) is 0 Å². The largest absolute Gasteiger partial charge is 0.445 e. The lowest BCUT2D eigenvalue weighted by atomic mass is 9.99. The van der Waals surface area contributed by atoms with Crippen LogP contribution in [0.15, 0.2) is 83.9 Å². The fraction of sp³-hybridized carbons (Fsp3) is 0.417. The van der Waals surface area contributed by atoms with Crippen LogP contribution in [0.1, 0.15) is 58.1 Å². The molecule has 4 amide bonds. The summed E-state index contributed by atoms with van der Waals surface area (Å²) in [6.45, 7) is 8.23. The zero-order chi connectivity index (χ0) is 35.3. The molecule has 0 aliphatic heterocycles. The minimum Gasteiger partial charge on any atom is -0.445 e. The minimum absolute atomic E-state index is 0.0176. The Labute approximate surface area is 283 Å². The van der Waals surface area contributed by atoms with Gasteiger partial charge in [0.05, 0.1) is 0 Å². The number of allylic oxidation sites excluding steroid dienone is 2. The maximum absolute atomic E-state index is 13.5. The highest BCUT2D eigenvalue weighted by Gasteiger charge is 2.29. The van der Waals surface area contributed by atoms with Crippen LogP contribution in [0.4, 0.5) is 4.79 Å². The molecule has 0 spiro atoms. The van der Waals surface area contributed by atoms with Gasteiger partial charge in [0.15, 0.2) is 5.96 Å². The van der Waals surface area contributed by atoms with Crippen molar-refractivity contribution in [2.45, 2.75) is 71.7 Å². The van der Waals surface area contributed by atoms with E-state index in [-0.39, 0.29) is 49.8 Å². The number of hydrogen-bond donors (Lipinski definition) is 6. The van der Waals surface area contributed by atoms with Gasteiger partial charge in [0, 0.05) is 25.2 Å². The number of hydrogen-bond acceptors (Lipinski definition) is 6. The number of amides is 4. The molecule has 0 aliphatic carbocycles. The van der Waals surface area contributed by atoms with E-state index in [4.69, 9.17) is 16.2 Å². The Morgan fingerprint density at radius 2 is 1.48 bits per heavy atom. The maximum Gasteiger partial charge on any atom is 0.408 e. The molecule has 0 aromatic heterocycles. The third-order valence-electron chi connectivity index (χ3n) is 7.18. The second kappa shape index (κ2) is 21.6. The lowest BCUT2D eigenvalue weighted by molar-refractivity contribution is -0.131. The van der Waals surface area contributed by atoms with Gasteiger partial charge in [-0.1, -0.05) is 107 Å². The predicted molar refractivity (Wildman–Crippen MR) is 189 cm³/mol. The summed E-state index contributed by atoms with van der Waals surface area (Å²) in [5.74, 6) is -1.26. The van der Waals surface area contributed by atoms with Crippen molar-refractivity contribution in [2.24, 2.45) is 28.3 Å². The summed E-state index contributed by atoms with van der Waals surface area (Å²) in [4.78, 5) is 56.1. The number of nitrogens with zero attached hydrogens (tertiary/aromatic N) is 1. The normalized spacial score (nSPS) is 13.1. The summed E-state index contributed by atoms with van der Waals surface area (Å²) in [5, 5.41) is 11.3. The van der Waals surface area contributed by atoms with Crippen LogP contribution in [-0.4, -0.2) is 61.0 Å². The van der Waals surface area contributed by atoms with Crippen molar-refractivity contribution in [2.75, 3.05) is 13.1 Å². The summed E-state index contributed by atoms with van der Waals surface area (Å²) in [6.07, 6.45) is 6.92. The average Bonchev–Trinajstić information content (AvgIpc) is 3.05. The van der Waals surface area contributed by atoms with Gasteiger partial charge in [-0.05, 0) is 42.2 Å². The first-order valence-electron chi connectivity index (χ1n) is 16.3. The lowest BCUT2D eigenvalue weighted by Crippen LogP contribution is -2.57. The van der Waals surface area contributed by atoms with Gasteiger partial charge in [-0.25, -0.2) is 4.79 Å². The number of nitrogens with one attached hydrogen (secondary N) is 4. The predicted octanol–water partition coefficient (Wildman–Crippen LogP) is 3.39. The maximum atomic E-state index is 13.5. The lowest BCUT2D eigenvalue weighted by Gasteiger charge is -2.28. The van der Waals surface area contributed by atoms with E-state index in [1.54, 1.807) is 12.2 Å². The van der Waals surface area contributed by atoms with Crippen molar-refractivity contribution in [1.82, 2.24) is 21.3 Å². The zero-order valence-corrected chi connectivity index (χ0v) is 28.4. The van der Waals surface area contributed by atoms with E-state index >= 15 is 0 Å². The number of rotatable bonds is 19. The SMILES string of the molecule is CC(C)C[C@@H](NC(=O)[C@@H](CCCN=C(N)N)NC(=O)OCc1ccccc1)C(=O)N[C@H](CNC(=O)C=CC=Cc1ccccc1)C(C)C. The molecule has 8 N–H and O–H groups in total. The van der Waals surface area contributed by atoms with Crippen LogP contribution in [0, 0.1) is 11.8 Å². The number of carbonyl (C=O) groups is 4. The number of alkyl carbamates (subject to hydrolysis) is 1. The molecule has 0 bridgehead atoms. The number of nitrogens with two attached hydrogens (primary N) is 2. The molecule has 0 aliphatic rings. The Hall–Kier alpha value is -5.13. The molecule has 0 fully saturated rings. The summed E-state index contributed by atoms with van der Waals surface area (Å²) < 4.78 is 5.33. The van der Waals surface area contributed by atoms with Crippen LogP contribution < -0.4 is 32.7 Å². The quantitative estimate of drug-likeness (QED) is 0.0437. The van der Waals surface area contributed by atoms with Crippen molar-refractivity contribution in [3.63, 3.8) is 0 Å². The monoisotopic (exact) mass is 661 g/mol. The molecule has 2 aromatic rings. The standard InChI is InChI=1S/C36H51N7O5/c1-25(2)22-30(34(46)42-31(26(3)4)23-40-32(44)20-12-11-16-27-14-7-5-8-15-27)41-33(45)29(19-13-21-39-35(37)38)43-36(47)48-24-28-17-9-6-10-18-28/h5-12,14-18,20,25-26,29-31H,13,19,21-24H2,1-4H3,(H,40,44)(H,41,45)(H,42,46)(H,43,47)(H4,37,38,39)/t29-,30-,31-/m1/s1. The van der Waals surface area contributed by atoms with Crippen LogP contribution in [0.2, 0.25) is 0 Å². The van der Waals surface area contributed by atoms with Gasteiger partial charge in [0.2, 0.25) is 17.7 Å².